The van der Waals surface area contributed by atoms with E-state index in [0.717, 1.165) is 6.42 Å². The van der Waals surface area contributed by atoms with Crippen molar-refractivity contribution in [2.45, 2.75) is 24.7 Å². The summed E-state index contributed by atoms with van der Waals surface area (Å²) in [4.78, 5) is 26.0. The second kappa shape index (κ2) is 7.83. The highest BCUT2D eigenvalue weighted by Crippen LogP contribution is 2.30. The molecule has 0 radical (unpaired) electrons. The summed E-state index contributed by atoms with van der Waals surface area (Å²) in [6.07, 6.45) is 1.28. The van der Waals surface area contributed by atoms with Crippen LogP contribution in [0.4, 0.5) is 17.1 Å². The van der Waals surface area contributed by atoms with Crippen LogP contribution < -0.4 is 20.6 Å². The maximum Gasteiger partial charge on any atom is 0.363 e. The third-order valence-electron chi connectivity index (χ3n) is 4.94. The molecule has 156 valence electrons. The van der Waals surface area contributed by atoms with Gasteiger partial charge in [-0.15, -0.1) is 0 Å². The van der Waals surface area contributed by atoms with E-state index in [1.165, 1.54) is 12.1 Å². The predicted octanol–water partition coefficient (Wildman–Crippen LogP) is 3.15. The Hall–Kier alpha value is -3.33. The molecular formula is C21H21N3O5S. The Morgan fingerprint density at radius 1 is 1.03 bits per heavy atom. The topological polar surface area (TPSA) is 109 Å². The number of para-hydroxylation sites is 1. The molecule has 0 aliphatic carbocycles. The average Bonchev–Trinajstić information content (AvgIpc) is 3.16. The van der Waals surface area contributed by atoms with Crippen LogP contribution in [0.2, 0.25) is 0 Å². The highest BCUT2D eigenvalue weighted by molar-refractivity contribution is 7.92. The normalized spacial score (nSPS) is 14.3. The summed E-state index contributed by atoms with van der Waals surface area (Å²) in [5.74, 6) is 0.0211. The van der Waals surface area contributed by atoms with Crippen molar-refractivity contribution in [3.63, 3.8) is 0 Å². The molecular weight excluding hydrogens is 406 g/mol. The van der Waals surface area contributed by atoms with Gasteiger partial charge in [0.2, 0.25) is 5.91 Å². The Morgan fingerprint density at radius 2 is 1.77 bits per heavy atom. The Morgan fingerprint density at radius 3 is 2.43 bits per heavy atom. The zero-order valence-corrected chi connectivity index (χ0v) is 17.2. The molecule has 0 atom stereocenters. The van der Waals surface area contributed by atoms with Crippen LogP contribution in [0.5, 0.6) is 0 Å². The molecule has 1 fully saturated rings. The van der Waals surface area contributed by atoms with Crippen molar-refractivity contribution in [3.8, 4) is 0 Å². The van der Waals surface area contributed by atoms with Gasteiger partial charge < -0.3 is 14.6 Å². The first kappa shape index (κ1) is 20.0. The fourth-order valence-corrected chi connectivity index (χ4v) is 4.59. The van der Waals surface area contributed by atoms with E-state index in [1.807, 2.05) is 6.92 Å². The summed E-state index contributed by atoms with van der Waals surface area (Å²) in [6, 6.07) is 12.9. The number of anilines is 3. The smallest absolute Gasteiger partial charge is 0.363 e. The lowest BCUT2D eigenvalue weighted by molar-refractivity contribution is -0.117. The van der Waals surface area contributed by atoms with Crippen molar-refractivity contribution in [3.05, 3.63) is 59.0 Å². The van der Waals surface area contributed by atoms with Crippen molar-refractivity contribution in [2.24, 2.45) is 0 Å². The number of nitrogens with one attached hydrogen (secondary N) is 2. The lowest BCUT2D eigenvalue weighted by Gasteiger charge is -2.17. The Labute approximate surface area is 173 Å². The highest BCUT2D eigenvalue weighted by atomic mass is 32.2. The Bertz CT molecular complexity index is 1270. The van der Waals surface area contributed by atoms with Crippen LogP contribution in [-0.2, 0) is 14.8 Å². The minimum atomic E-state index is -4.05. The van der Waals surface area contributed by atoms with Gasteiger partial charge >= 0.3 is 5.63 Å². The molecule has 1 aliphatic heterocycles. The van der Waals surface area contributed by atoms with Gasteiger partial charge in [0, 0.05) is 30.6 Å². The first-order valence-corrected chi connectivity index (χ1v) is 11.1. The van der Waals surface area contributed by atoms with E-state index in [1.54, 1.807) is 41.3 Å². The molecule has 1 aromatic heterocycles. The molecule has 2 N–H and O–H groups in total. The number of hydrogen-bond donors (Lipinski definition) is 2. The van der Waals surface area contributed by atoms with Gasteiger partial charge in [-0.2, -0.15) is 0 Å². The minimum absolute atomic E-state index is 0.0205. The minimum Gasteiger partial charge on any atom is -0.421 e. The molecule has 9 heteroatoms. The van der Waals surface area contributed by atoms with E-state index in [9.17, 15) is 18.0 Å². The molecule has 1 aliphatic rings. The van der Waals surface area contributed by atoms with Gasteiger partial charge in [0.1, 0.15) is 5.58 Å². The fraction of sp³-hybridized carbons (Fsp3) is 0.238. The zero-order chi connectivity index (χ0) is 21.3. The van der Waals surface area contributed by atoms with Crippen molar-refractivity contribution >= 4 is 44.0 Å². The molecule has 3 aromatic rings. The number of fused-ring (bicyclic) bond motifs is 1. The molecule has 2 aromatic carbocycles. The van der Waals surface area contributed by atoms with Crippen LogP contribution >= 0.6 is 0 Å². The van der Waals surface area contributed by atoms with E-state index in [2.05, 4.69) is 10.0 Å². The van der Waals surface area contributed by atoms with E-state index in [-0.39, 0.29) is 16.5 Å². The SMILES string of the molecule is CCNc1c(NS(=O)(=O)c2ccc(N3CCCC3=O)cc2)c(=O)oc2ccccc12. The standard InChI is InChI=1S/C21H21N3O5S/c1-2-22-19-16-6-3-4-7-17(16)29-21(26)20(19)23-30(27,28)15-11-9-14(10-12-15)24-13-5-8-18(24)25/h3-4,6-7,9-12,22-23H,2,5,8,13H2,1H3. The van der Waals surface area contributed by atoms with Crippen LogP contribution in [0.3, 0.4) is 0 Å². The second-order valence-electron chi connectivity index (χ2n) is 6.91. The Balaban J connectivity index is 1.70. The largest absolute Gasteiger partial charge is 0.421 e. The summed E-state index contributed by atoms with van der Waals surface area (Å²) in [5.41, 5.74) is 0.421. The quantitative estimate of drug-likeness (QED) is 0.585. The van der Waals surface area contributed by atoms with Gasteiger partial charge in [-0.3, -0.25) is 9.52 Å². The maximum absolute atomic E-state index is 12.9. The van der Waals surface area contributed by atoms with E-state index in [0.29, 0.717) is 41.9 Å². The molecule has 0 unspecified atom stereocenters. The van der Waals surface area contributed by atoms with E-state index < -0.39 is 15.6 Å². The first-order chi connectivity index (χ1) is 14.4. The summed E-state index contributed by atoms with van der Waals surface area (Å²) < 4.78 is 33.5. The van der Waals surface area contributed by atoms with Crippen molar-refractivity contribution in [1.29, 1.82) is 0 Å². The summed E-state index contributed by atoms with van der Waals surface area (Å²) in [5, 5.41) is 3.65. The molecule has 4 rings (SSSR count). The van der Waals surface area contributed by atoms with Crippen LogP contribution in [0.25, 0.3) is 11.0 Å². The predicted molar refractivity (Wildman–Crippen MR) is 115 cm³/mol. The lowest BCUT2D eigenvalue weighted by atomic mass is 10.2. The first-order valence-electron chi connectivity index (χ1n) is 9.63. The van der Waals surface area contributed by atoms with Gasteiger partial charge in [-0.05, 0) is 49.7 Å². The van der Waals surface area contributed by atoms with Crippen molar-refractivity contribution < 1.29 is 17.6 Å². The summed E-state index contributed by atoms with van der Waals surface area (Å²) >= 11 is 0. The Kier molecular flexibility index (Phi) is 5.21. The van der Waals surface area contributed by atoms with E-state index >= 15 is 0 Å². The number of carbonyl (C=O) groups excluding carboxylic acids is 1. The third-order valence-corrected chi connectivity index (χ3v) is 6.30. The third kappa shape index (κ3) is 3.63. The molecule has 0 spiro atoms. The van der Waals surface area contributed by atoms with Gasteiger partial charge in [-0.25, -0.2) is 13.2 Å². The molecule has 2 heterocycles. The van der Waals surface area contributed by atoms with Crippen LogP contribution in [-0.4, -0.2) is 27.4 Å². The van der Waals surface area contributed by atoms with Crippen LogP contribution in [0.15, 0.2) is 62.6 Å². The second-order valence-corrected chi connectivity index (χ2v) is 8.60. The molecule has 0 saturated carbocycles. The fourth-order valence-electron chi connectivity index (χ4n) is 3.52. The number of benzene rings is 2. The highest BCUT2D eigenvalue weighted by Gasteiger charge is 2.24. The zero-order valence-electron chi connectivity index (χ0n) is 16.3. The maximum atomic E-state index is 12.9. The monoisotopic (exact) mass is 427 g/mol. The lowest BCUT2D eigenvalue weighted by Crippen LogP contribution is -2.24. The number of amides is 1. The molecule has 8 nitrogen and oxygen atoms in total. The van der Waals surface area contributed by atoms with E-state index in [4.69, 9.17) is 4.42 Å². The van der Waals surface area contributed by atoms with Crippen LogP contribution in [0, 0.1) is 0 Å². The van der Waals surface area contributed by atoms with Gasteiger partial charge in [0.25, 0.3) is 10.0 Å². The average molecular weight is 427 g/mol. The van der Waals surface area contributed by atoms with Gasteiger partial charge in [0.15, 0.2) is 5.69 Å². The van der Waals surface area contributed by atoms with Crippen molar-refractivity contribution in [1.82, 2.24) is 0 Å². The number of sulfonamides is 1. The number of carbonyl (C=O) groups is 1. The molecule has 0 bridgehead atoms. The van der Waals surface area contributed by atoms with Crippen LogP contribution in [0.1, 0.15) is 19.8 Å². The summed E-state index contributed by atoms with van der Waals surface area (Å²) in [6.45, 7) is 2.95. The van der Waals surface area contributed by atoms with Gasteiger partial charge in [-0.1, -0.05) is 12.1 Å². The molecule has 30 heavy (non-hydrogen) atoms. The number of hydrogen-bond acceptors (Lipinski definition) is 6. The molecule has 1 amide bonds. The molecule has 1 saturated heterocycles. The summed E-state index contributed by atoms with van der Waals surface area (Å²) in [7, 11) is -4.05. The van der Waals surface area contributed by atoms with Gasteiger partial charge in [0.05, 0.1) is 10.6 Å². The van der Waals surface area contributed by atoms with Crippen molar-refractivity contribution in [2.75, 3.05) is 28.0 Å². The number of nitrogens with zero attached hydrogens (tertiary/aromatic N) is 1. The number of rotatable bonds is 6.